The maximum absolute atomic E-state index is 14.4. The first kappa shape index (κ1) is 27.2. The van der Waals surface area contributed by atoms with E-state index in [1.54, 1.807) is 37.3 Å². The summed E-state index contributed by atoms with van der Waals surface area (Å²) >= 11 is 5.94. The Kier molecular flexibility index (Phi) is 8.70. The average molecular weight is 532 g/mol. The van der Waals surface area contributed by atoms with Crippen molar-refractivity contribution >= 4 is 39.1 Å². The van der Waals surface area contributed by atoms with E-state index in [1.165, 1.54) is 61.3 Å². The molecule has 3 aromatic carbocycles. The van der Waals surface area contributed by atoms with Gasteiger partial charge >= 0.3 is 0 Å². The molecule has 190 valence electrons. The van der Waals surface area contributed by atoms with Gasteiger partial charge in [-0.3, -0.25) is 13.9 Å². The highest BCUT2D eigenvalue weighted by Gasteiger charge is 2.33. The lowest BCUT2D eigenvalue weighted by molar-refractivity contribution is -0.139. The van der Waals surface area contributed by atoms with Gasteiger partial charge in [0.2, 0.25) is 11.8 Å². The van der Waals surface area contributed by atoms with Crippen molar-refractivity contribution in [1.82, 2.24) is 10.2 Å². The molecule has 10 heteroatoms. The Hall–Kier alpha value is -3.43. The fourth-order valence-electron chi connectivity index (χ4n) is 3.69. The lowest BCUT2D eigenvalue weighted by Gasteiger charge is -2.32. The monoisotopic (exact) mass is 531 g/mol. The van der Waals surface area contributed by atoms with Crippen molar-refractivity contribution in [2.45, 2.75) is 31.3 Å². The summed E-state index contributed by atoms with van der Waals surface area (Å²) in [7, 11) is -2.78. The van der Waals surface area contributed by atoms with E-state index in [2.05, 4.69) is 5.32 Å². The zero-order valence-electron chi connectivity index (χ0n) is 20.1. The van der Waals surface area contributed by atoms with Crippen molar-refractivity contribution in [3.63, 3.8) is 0 Å². The van der Waals surface area contributed by atoms with Crippen molar-refractivity contribution < 1.29 is 22.4 Å². The number of carbonyl (C=O) groups is 2. The minimum atomic E-state index is -4.20. The number of hydrogen-bond acceptors (Lipinski definition) is 4. The molecule has 0 spiro atoms. The topological polar surface area (TPSA) is 86.8 Å². The van der Waals surface area contributed by atoms with Crippen molar-refractivity contribution in [2.24, 2.45) is 0 Å². The van der Waals surface area contributed by atoms with Crippen LogP contribution in [0, 0.1) is 12.7 Å². The first-order valence-electron chi connectivity index (χ1n) is 11.1. The molecule has 0 radical (unpaired) electrons. The molecule has 0 saturated heterocycles. The van der Waals surface area contributed by atoms with Crippen molar-refractivity contribution in [3.8, 4) is 0 Å². The third-order valence-corrected chi connectivity index (χ3v) is 7.80. The molecular weight excluding hydrogens is 505 g/mol. The molecule has 0 aromatic heterocycles. The Morgan fingerprint density at radius 2 is 1.61 bits per heavy atom. The Morgan fingerprint density at radius 3 is 2.22 bits per heavy atom. The van der Waals surface area contributed by atoms with Gasteiger partial charge in [-0.25, -0.2) is 12.8 Å². The molecule has 0 aliphatic carbocycles. The third-order valence-electron chi connectivity index (χ3n) is 5.78. The Labute approximate surface area is 215 Å². The molecule has 3 rings (SSSR count). The molecule has 3 aromatic rings. The van der Waals surface area contributed by atoms with E-state index in [1.807, 2.05) is 0 Å². The highest BCUT2D eigenvalue weighted by molar-refractivity contribution is 7.92. The molecule has 7 nitrogen and oxygen atoms in total. The van der Waals surface area contributed by atoms with E-state index < -0.39 is 40.2 Å². The van der Waals surface area contributed by atoms with Gasteiger partial charge in [0, 0.05) is 24.2 Å². The SMILES string of the molecule is CNC(=O)[C@H](C)N(Cc1ccccc1F)C(=O)CN(c1ccccc1C)S(=O)(=O)c1ccc(Cl)cc1. The van der Waals surface area contributed by atoms with E-state index in [-0.39, 0.29) is 17.0 Å². The molecule has 0 heterocycles. The number of rotatable bonds is 9. The van der Waals surface area contributed by atoms with E-state index in [0.29, 0.717) is 16.3 Å². The van der Waals surface area contributed by atoms with Crippen molar-refractivity contribution in [1.29, 1.82) is 0 Å². The molecule has 1 atom stereocenters. The number of amides is 2. The molecule has 1 N–H and O–H groups in total. The summed E-state index contributed by atoms with van der Waals surface area (Å²) in [6, 6.07) is 17.3. The molecule has 0 fully saturated rings. The summed E-state index contributed by atoms with van der Waals surface area (Å²) in [5, 5.41) is 2.85. The number of nitrogens with one attached hydrogen (secondary N) is 1. The van der Waals surface area contributed by atoms with Gasteiger partial charge in [-0.1, -0.05) is 48.0 Å². The van der Waals surface area contributed by atoms with E-state index in [9.17, 15) is 22.4 Å². The van der Waals surface area contributed by atoms with Crippen LogP contribution in [0.4, 0.5) is 10.1 Å². The first-order valence-corrected chi connectivity index (χ1v) is 13.0. The van der Waals surface area contributed by atoms with Gasteiger partial charge in [-0.15, -0.1) is 0 Å². The Balaban J connectivity index is 2.06. The Morgan fingerprint density at radius 1 is 1.00 bits per heavy atom. The number of likely N-dealkylation sites (N-methyl/N-ethyl adjacent to an activating group) is 1. The minimum absolute atomic E-state index is 0.0528. The highest BCUT2D eigenvalue weighted by Crippen LogP contribution is 2.28. The van der Waals surface area contributed by atoms with Gasteiger partial charge in [0.05, 0.1) is 10.6 Å². The summed E-state index contributed by atoms with van der Waals surface area (Å²) in [6.45, 7) is 2.41. The average Bonchev–Trinajstić information content (AvgIpc) is 2.86. The second-order valence-electron chi connectivity index (χ2n) is 8.16. The summed E-state index contributed by atoms with van der Waals surface area (Å²) in [5.41, 5.74) is 1.13. The smallest absolute Gasteiger partial charge is 0.264 e. The number of halogens is 2. The summed E-state index contributed by atoms with van der Waals surface area (Å²) in [4.78, 5) is 27.2. The van der Waals surface area contributed by atoms with E-state index in [0.717, 1.165) is 4.31 Å². The zero-order valence-corrected chi connectivity index (χ0v) is 21.7. The number of hydrogen-bond donors (Lipinski definition) is 1. The van der Waals surface area contributed by atoms with Crippen LogP contribution in [0.5, 0.6) is 0 Å². The van der Waals surface area contributed by atoms with Gasteiger partial charge in [-0.05, 0) is 55.8 Å². The molecule has 0 aliphatic rings. The largest absolute Gasteiger partial charge is 0.357 e. The van der Waals surface area contributed by atoms with E-state index in [4.69, 9.17) is 11.6 Å². The highest BCUT2D eigenvalue weighted by atomic mass is 35.5. The fourth-order valence-corrected chi connectivity index (χ4v) is 5.30. The van der Waals surface area contributed by atoms with Crippen molar-refractivity contribution in [2.75, 3.05) is 17.9 Å². The number of benzene rings is 3. The van der Waals surface area contributed by atoms with Crippen molar-refractivity contribution in [3.05, 3.63) is 94.8 Å². The van der Waals surface area contributed by atoms with Gasteiger partial charge in [0.25, 0.3) is 10.0 Å². The molecular formula is C26H27ClFN3O4S. The van der Waals surface area contributed by atoms with Crippen LogP contribution in [-0.4, -0.2) is 44.8 Å². The lowest BCUT2D eigenvalue weighted by atomic mass is 10.1. The standard InChI is InChI=1S/C26H27ClFN3O4S/c1-18-8-4-7-11-24(18)31(36(34,35)22-14-12-21(27)13-15-22)17-25(32)30(19(2)26(33)29-3)16-20-9-5-6-10-23(20)28/h4-15,19H,16-17H2,1-3H3,(H,29,33)/t19-/m0/s1. The van der Waals surface area contributed by atoms with Crippen LogP contribution in [0.1, 0.15) is 18.1 Å². The van der Waals surface area contributed by atoms with Crippen LogP contribution in [-0.2, 0) is 26.2 Å². The molecule has 0 aliphatic heterocycles. The quantitative estimate of drug-likeness (QED) is 0.449. The predicted molar refractivity (Wildman–Crippen MR) is 138 cm³/mol. The number of anilines is 1. The summed E-state index contributed by atoms with van der Waals surface area (Å²) in [5.74, 6) is -1.68. The second-order valence-corrected chi connectivity index (χ2v) is 10.5. The maximum Gasteiger partial charge on any atom is 0.264 e. The van der Waals surface area contributed by atoms with Crippen LogP contribution in [0.3, 0.4) is 0 Å². The van der Waals surface area contributed by atoms with Gasteiger partial charge in [-0.2, -0.15) is 0 Å². The van der Waals surface area contributed by atoms with Gasteiger partial charge in [0.1, 0.15) is 18.4 Å². The Bertz CT molecular complexity index is 1350. The molecule has 0 bridgehead atoms. The van der Waals surface area contributed by atoms with Crippen LogP contribution >= 0.6 is 11.6 Å². The van der Waals surface area contributed by atoms with Gasteiger partial charge < -0.3 is 10.2 Å². The maximum atomic E-state index is 14.4. The summed E-state index contributed by atoms with van der Waals surface area (Å²) in [6.07, 6.45) is 0. The van der Waals surface area contributed by atoms with Crippen LogP contribution < -0.4 is 9.62 Å². The number of nitrogens with zero attached hydrogens (tertiary/aromatic N) is 2. The lowest BCUT2D eigenvalue weighted by Crippen LogP contribution is -2.51. The number of para-hydroxylation sites is 1. The first-order chi connectivity index (χ1) is 17.1. The van der Waals surface area contributed by atoms with Gasteiger partial charge in [0.15, 0.2) is 0 Å². The molecule has 36 heavy (non-hydrogen) atoms. The molecule has 2 amide bonds. The minimum Gasteiger partial charge on any atom is -0.357 e. The molecule has 0 saturated carbocycles. The normalized spacial score (nSPS) is 12.0. The van der Waals surface area contributed by atoms with Crippen LogP contribution in [0.2, 0.25) is 5.02 Å². The number of aryl methyl sites for hydroxylation is 1. The predicted octanol–water partition coefficient (Wildman–Crippen LogP) is 4.15. The van der Waals surface area contributed by atoms with Crippen LogP contribution in [0.25, 0.3) is 0 Å². The second kappa shape index (κ2) is 11.5. The molecule has 0 unspecified atom stereocenters. The summed E-state index contributed by atoms with van der Waals surface area (Å²) < 4.78 is 42.8. The number of carbonyl (C=O) groups excluding carboxylic acids is 2. The fraction of sp³-hybridized carbons (Fsp3) is 0.231. The number of sulfonamides is 1. The van der Waals surface area contributed by atoms with Crippen LogP contribution in [0.15, 0.2) is 77.7 Å². The zero-order chi connectivity index (χ0) is 26.5. The van der Waals surface area contributed by atoms with E-state index >= 15 is 0 Å². The third kappa shape index (κ3) is 6.03.